The highest BCUT2D eigenvalue weighted by molar-refractivity contribution is 5.68. The third-order valence-electron chi connectivity index (χ3n) is 4.18. The summed E-state index contributed by atoms with van der Waals surface area (Å²) in [4.78, 5) is 36.3. The van der Waals surface area contributed by atoms with Crippen LogP contribution in [-0.4, -0.2) is 57.1 Å². The lowest BCUT2D eigenvalue weighted by Gasteiger charge is -2.36. The van der Waals surface area contributed by atoms with Crippen LogP contribution in [0.3, 0.4) is 0 Å². The maximum Gasteiger partial charge on any atom is 0.410 e. The van der Waals surface area contributed by atoms with E-state index in [0.717, 1.165) is 5.69 Å². The molecule has 0 radical (unpaired) electrons. The van der Waals surface area contributed by atoms with Gasteiger partial charge in [-0.2, -0.15) is 0 Å². The van der Waals surface area contributed by atoms with Crippen molar-refractivity contribution < 1.29 is 9.53 Å². The molecule has 0 spiro atoms. The molecule has 0 bridgehead atoms. The fourth-order valence-electron chi connectivity index (χ4n) is 3.00. The second kappa shape index (κ2) is 6.42. The first-order chi connectivity index (χ1) is 11.8. The van der Waals surface area contributed by atoms with Gasteiger partial charge in [-0.15, -0.1) is 0 Å². The van der Waals surface area contributed by atoms with E-state index in [1.807, 2.05) is 32.6 Å². The Bertz CT molecular complexity index is 825. The molecule has 2 aromatic heterocycles. The number of H-pyrrole nitrogens is 1. The predicted octanol–water partition coefficient (Wildman–Crippen LogP) is 1.64. The zero-order valence-electron chi connectivity index (χ0n) is 15.2. The standard InChI is InChI=1S/C17H25N5O3/c1-5-12-13(14(23)22-7-6-18-15(22)19-12)20-8-10-21(11-9-20)16(24)25-17(2,3)4/h6-7H,5,8-11H2,1-4H3,(H,18,19). The monoisotopic (exact) mass is 347 g/mol. The summed E-state index contributed by atoms with van der Waals surface area (Å²) >= 11 is 0. The van der Waals surface area contributed by atoms with Gasteiger partial charge in [0.2, 0.25) is 5.78 Å². The molecule has 1 fully saturated rings. The molecular weight excluding hydrogens is 322 g/mol. The van der Waals surface area contributed by atoms with Crippen LogP contribution in [0, 0.1) is 0 Å². The summed E-state index contributed by atoms with van der Waals surface area (Å²) in [7, 11) is 0. The Morgan fingerprint density at radius 3 is 2.56 bits per heavy atom. The van der Waals surface area contributed by atoms with Gasteiger partial charge in [-0.1, -0.05) is 6.92 Å². The Morgan fingerprint density at radius 1 is 1.28 bits per heavy atom. The molecule has 1 aliphatic heterocycles. The molecule has 1 N–H and O–H groups in total. The van der Waals surface area contributed by atoms with Gasteiger partial charge in [-0.3, -0.25) is 9.20 Å². The van der Waals surface area contributed by atoms with Crippen molar-refractivity contribution >= 4 is 17.6 Å². The lowest BCUT2D eigenvalue weighted by Crippen LogP contribution is -2.51. The van der Waals surface area contributed by atoms with Crippen LogP contribution in [0.1, 0.15) is 33.4 Å². The molecule has 0 saturated carbocycles. The van der Waals surface area contributed by atoms with Crippen LogP contribution >= 0.6 is 0 Å². The molecule has 25 heavy (non-hydrogen) atoms. The van der Waals surface area contributed by atoms with Gasteiger partial charge in [0.1, 0.15) is 11.3 Å². The van der Waals surface area contributed by atoms with E-state index in [-0.39, 0.29) is 11.7 Å². The van der Waals surface area contributed by atoms with Gasteiger partial charge in [-0.25, -0.2) is 9.78 Å². The van der Waals surface area contributed by atoms with E-state index in [1.54, 1.807) is 17.3 Å². The van der Waals surface area contributed by atoms with Crippen molar-refractivity contribution in [1.29, 1.82) is 0 Å². The molecule has 0 aliphatic carbocycles. The number of hydrogen-bond acceptors (Lipinski definition) is 5. The Morgan fingerprint density at radius 2 is 1.96 bits per heavy atom. The number of carbonyl (C=O) groups excluding carboxylic acids is 1. The number of amides is 1. The van der Waals surface area contributed by atoms with Crippen LogP contribution in [0.4, 0.5) is 10.5 Å². The molecular formula is C17H25N5O3. The van der Waals surface area contributed by atoms with Crippen LogP contribution < -0.4 is 10.5 Å². The topological polar surface area (TPSA) is 82.9 Å². The Hall–Kier alpha value is -2.51. The van der Waals surface area contributed by atoms with Gasteiger partial charge in [0.05, 0.1) is 5.69 Å². The fourth-order valence-corrected chi connectivity index (χ4v) is 3.00. The summed E-state index contributed by atoms with van der Waals surface area (Å²) < 4.78 is 6.94. The van der Waals surface area contributed by atoms with Crippen molar-refractivity contribution in [2.45, 2.75) is 39.7 Å². The number of anilines is 1. The van der Waals surface area contributed by atoms with Crippen molar-refractivity contribution in [3.8, 4) is 0 Å². The van der Waals surface area contributed by atoms with Crippen molar-refractivity contribution in [3.05, 3.63) is 28.4 Å². The fraction of sp³-hybridized carbons (Fsp3) is 0.588. The minimum atomic E-state index is -0.508. The van der Waals surface area contributed by atoms with Crippen molar-refractivity contribution in [2.24, 2.45) is 0 Å². The second-order valence-electron chi connectivity index (χ2n) is 7.17. The third-order valence-corrected chi connectivity index (χ3v) is 4.18. The van der Waals surface area contributed by atoms with E-state index in [0.29, 0.717) is 44.1 Å². The number of nitrogens with one attached hydrogen (secondary N) is 1. The molecule has 0 atom stereocenters. The van der Waals surface area contributed by atoms with E-state index in [2.05, 4.69) is 9.97 Å². The largest absolute Gasteiger partial charge is 0.444 e. The molecule has 3 rings (SSSR count). The first-order valence-electron chi connectivity index (χ1n) is 8.61. The molecule has 2 aromatic rings. The van der Waals surface area contributed by atoms with Crippen LogP contribution in [0.5, 0.6) is 0 Å². The van der Waals surface area contributed by atoms with Gasteiger partial charge in [-0.05, 0) is 27.2 Å². The van der Waals surface area contributed by atoms with Gasteiger partial charge in [0.15, 0.2) is 0 Å². The van der Waals surface area contributed by atoms with E-state index in [9.17, 15) is 9.59 Å². The molecule has 0 aromatic carbocycles. The van der Waals surface area contributed by atoms with E-state index < -0.39 is 5.60 Å². The average molecular weight is 347 g/mol. The summed E-state index contributed by atoms with van der Waals surface area (Å²) in [5.74, 6) is 0.554. The summed E-state index contributed by atoms with van der Waals surface area (Å²) in [5.41, 5.74) is 0.821. The smallest absolute Gasteiger partial charge is 0.410 e. The molecule has 1 aliphatic rings. The predicted molar refractivity (Wildman–Crippen MR) is 95.2 cm³/mol. The highest BCUT2D eigenvalue weighted by Crippen LogP contribution is 2.19. The number of nitrogens with zero attached hydrogens (tertiary/aromatic N) is 4. The molecule has 1 saturated heterocycles. The van der Waals surface area contributed by atoms with E-state index in [1.165, 1.54) is 4.40 Å². The minimum Gasteiger partial charge on any atom is -0.444 e. The number of rotatable bonds is 2. The molecule has 136 valence electrons. The molecule has 8 nitrogen and oxygen atoms in total. The van der Waals surface area contributed by atoms with Gasteiger partial charge in [0, 0.05) is 38.6 Å². The van der Waals surface area contributed by atoms with E-state index >= 15 is 0 Å². The summed E-state index contributed by atoms with van der Waals surface area (Å²) in [5, 5.41) is 0. The van der Waals surface area contributed by atoms with Crippen molar-refractivity contribution in [1.82, 2.24) is 19.3 Å². The number of fused-ring (bicyclic) bond motifs is 1. The number of hydrogen-bond donors (Lipinski definition) is 1. The highest BCUT2D eigenvalue weighted by atomic mass is 16.6. The normalized spacial score (nSPS) is 15.7. The first-order valence-corrected chi connectivity index (χ1v) is 8.61. The minimum absolute atomic E-state index is 0.0752. The van der Waals surface area contributed by atoms with Crippen molar-refractivity contribution in [2.75, 3.05) is 31.1 Å². The average Bonchev–Trinajstić information content (AvgIpc) is 3.02. The Balaban J connectivity index is 1.79. The maximum absolute atomic E-state index is 12.8. The molecule has 3 heterocycles. The van der Waals surface area contributed by atoms with Crippen LogP contribution in [0.25, 0.3) is 5.78 Å². The van der Waals surface area contributed by atoms with Crippen LogP contribution in [0.2, 0.25) is 0 Å². The molecule has 8 heteroatoms. The Labute approximate surface area is 146 Å². The third kappa shape index (κ3) is 3.47. The van der Waals surface area contributed by atoms with Gasteiger partial charge >= 0.3 is 6.09 Å². The van der Waals surface area contributed by atoms with Gasteiger partial charge < -0.3 is 19.5 Å². The van der Waals surface area contributed by atoms with Crippen molar-refractivity contribution in [3.63, 3.8) is 0 Å². The first kappa shape index (κ1) is 17.3. The number of aromatic amines is 1. The SMILES string of the molecule is CCc1nc2[nH]ccn2c(=O)c1N1CCN(C(=O)OC(C)(C)C)CC1. The number of aryl methyl sites for hydroxylation is 1. The summed E-state index contributed by atoms with van der Waals surface area (Å²) in [6, 6.07) is 0. The maximum atomic E-state index is 12.8. The summed E-state index contributed by atoms with van der Waals surface area (Å²) in [6.07, 6.45) is 3.75. The number of aromatic nitrogens is 3. The highest BCUT2D eigenvalue weighted by Gasteiger charge is 2.28. The van der Waals surface area contributed by atoms with Gasteiger partial charge in [0.25, 0.3) is 5.56 Å². The summed E-state index contributed by atoms with van der Waals surface area (Å²) in [6.45, 7) is 9.76. The molecule has 1 amide bonds. The number of imidazole rings is 1. The quantitative estimate of drug-likeness (QED) is 0.893. The zero-order valence-corrected chi connectivity index (χ0v) is 15.2. The van der Waals surface area contributed by atoms with Crippen LogP contribution in [-0.2, 0) is 11.2 Å². The van der Waals surface area contributed by atoms with E-state index in [4.69, 9.17) is 4.74 Å². The molecule has 0 unspecified atom stereocenters. The number of ether oxygens (including phenoxy) is 1. The lowest BCUT2D eigenvalue weighted by atomic mass is 10.2. The Kier molecular flexibility index (Phi) is 4.45. The lowest BCUT2D eigenvalue weighted by molar-refractivity contribution is 0.0240. The number of piperazine rings is 1. The number of carbonyl (C=O) groups is 1. The second-order valence-corrected chi connectivity index (χ2v) is 7.17. The zero-order chi connectivity index (χ0) is 18.2. The van der Waals surface area contributed by atoms with Crippen LogP contribution in [0.15, 0.2) is 17.2 Å².